The maximum Gasteiger partial charge on any atom is 0.356 e. The summed E-state index contributed by atoms with van der Waals surface area (Å²) >= 11 is 0. The Morgan fingerprint density at radius 3 is 2.52 bits per heavy atom. The van der Waals surface area contributed by atoms with Crippen LogP contribution in [-0.4, -0.2) is 21.2 Å². The Hall–Kier alpha value is -3.28. The predicted octanol–water partition coefficient (Wildman–Crippen LogP) is 2.51. The number of aromatic nitrogens is 1. The van der Waals surface area contributed by atoms with Gasteiger partial charge in [0, 0.05) is 5.39 Å². The molecule has 6 nitrogen and oxygen atoms in total. The van der Waals surface area contributed by atoms with Gasteiger partial charge in [0.25, 0.3) is 5.56 Å². The van der Waals surface area contributed by atoms with Crippen molar-refractivity contribution in [1.82, 2.24) is 4.98 Å². The average molecular weight is 311 g/mol. The van der Waals surface area contributed by atoms with E-state index in [-0.39, 0.29) is 10.8 Å². The van der Waals surface area contributed by atoms with Crippen LogP contribution in [0.4, 0.5) is 0 Å². The summed E-state index contributed by atoms with van der Waals surface area (Å²) in [5.41, 5.74) is -0.147. The second-order valence-corrected chi connectivity index (χ2v) is 4.96. The van der Waals surface area contributed by atoms with Crippen molar-refractivity contribution in [2.24, 2.45) is 0 Å². The van der Waals surface area contributed by atoms with Crippen molar-refractivity contribution < 1.29 is 19.7 Å². The zero-order chi connectivity index (χ0) is 16.4. The maximum absolute atomic E-state index is 12.0. The van der Waals surface area contributed by atoms with Gasteiger partial charge in [-0.1, -0.05) is 30.3 Å². The van der Waals surface area contributed by atoms with Gasteiger partial charge in [0.15, 0.2) is 11.4 Å². The second kappa shape index (κ2) is 5.84. The van der Waals surface area contributed by atoms with Gasteiger partial charge in [-0.15, -0.1) is 0 Å². The highest BCUT2D eigenvalue weighted by Crippen LogP contribution is 2.28. The van der Waals surface area contributed by atoms with Crippen LogP contribution in [0.15, 0.2) is 53.3 Å². The van der Waals surface area contributed by atoms with E-state index in [0.29, 0.717) is 12.4 Å². The first-order valence-electron chi connectivity index (χ1n) is 6.85. The molecule has 0 saturated carbocycles. The summed E-state index contributed by atoms with van der Waals surface area (Å²) in [6.45, 7) is 0.337. The molecule has 0 radical (unpaired) electrons. The highest BCUT2D eigenvalue weighted by Gasteiger charge is 2.16. The van der Waals surface area contributed by atoms with Gasteiger partial charge in [0.2, 0.25) is 0 Å². The lowest BCUT2D eigenvalue weighted by Gasteiger charge is -2.09. The first kappa shape index (κ1) is 14.6. The Balaban J connectivity index is 1.96. The third-order valence-electron chi connectivity index (χ3n) is 3.43. The molecule has 1 heterocycles. The number of H-pyrrole nitrogens is 1. The summed E-state index contributed by atoms with van der Waals surface area (Å²) in [7, 11) is 0. The topological polar surface area (TPSA) is 99.6 Å². The Labute approximate surface area is 130 Å². The minimum Gasteiger partial charge on any atom is -0.505 e. The Morgan fingerprint density at radius 2 is 1.83 bits per heavy atom. The summed E-state index contributed by atoms with van der Waals surface area (Å²) < 4.78 is 5.62. The van der Waals surface area contributed by atoms with Gasteiger partial charge in [-0.05, 0) is 23.8 Å². The van der Waals surface area contributed by atoms with E-state index in [0.717, 1.165) is 5.56 Å². The van der Waals surface area contributed by atoms with Gasteiger partial charge in [-0.3, -0.25) is 4.79 Å². The zero-order valence-electron chi connectivity index (χ0n) is 11.9. The Bertz CT molecular complexity index is 931. The molecule has 0 atom stereocenters. The fourth-order valence-corrected chi connectivity index (χ4v) is 2.28. The van der Waals surface area contributed by atoms with Crippen LogP contribution in [0.25, 0.3) is 10.8 Å². The van der Waals surface area contributed by atoms with E-state index in [2.05, 4.69) is 4.98 Å². The summed E-state index contributed by atoms with van der Waals surface area (Å²) in [6.07, 6.45) is 0. The van der Waals surface area contributed by atoms with Gasteiger partial charge in [0.05, 0.1) is 5.39 Å². The molecule has 6 heteroatoms. The lowest BCUT2D eigenvalue weighted by Crippen LogP contribution is -2.13. The number of benzene rings is 2. The third-order valence-corrected chi connectivity index (χ3v) is 3.43. The normalized spacial score (nSPS) is 10.6. The molecule has 3 aromatic rings. The van der Waals surface area contributed by atoms with Crippen LogP contribution in [-0.2, 0) is 6.61 Å². The van der Waals surface area contributed by atoms with Crippen molar-refractivity contribution >= 4 is 16.7 Å². The molecule has 0 aliphatic rings. The monoisotopic (exact) mass is 311 g/mol. The maximum atomic E-state index is 12.0. The van der Waals surface area contributed by atoms with E-state index in [4.69, 9.17) is 9.84 Å². The number of ether oxygens (including phenoxy) is 1. The number of aromatic amines is 1. The molecule has 0 amide bonds. The number of rotatable bonds is 4. The molecule has 2 aromatic carbocycles. The highest BCUT2D eigenvalue weighted by molar-refractivity contribution is 5.98. The van der Waals surface area contributed by atoms with Crippen molar-refractivity contribution in [1.29, 1.82) is 0 Å². The summed E-state index contributed by atoms with van der Waals surface area (Å²) in [6, 6.07) is 14.1. The SMILES string of the molecule is O=C(O)c1[nH]c(=O)c2cc(OCc3ccccc3)ccc2c1O. The Morgan fingerprint density at radius 1 is 1.09 bits per heavy atom. The second-order valence-electron chi connectivity index (χ2n) is 4.96. The molecular formula is C17H13NO5. The van der Waals surface area contributed by atoms with E-state index in [1.807, 2.05) is 30.3 Å². The van der Waals surface area contributed by atoms with Crippen LogP contribution in [0.1, 0.15) is 16.1 Å². The largest absolute Gasteiger partial charge is 0.505 e. The van der Waals surface area contributed by atoms with Crippen molar-refractivity contribution in [3.8, 4) is 11.5 Å². The van der Waals surface area contributed by atoms with Crippen LogP contribution in [0.3, 0.4) is 0 Å². The minimum atomic E-state index is -1.40. The van der Waals surface area contributed by atoms with E-state index in [1.54, 1.807) is 6.07 Å². The molecule has 116 valence electrons. The number of carboxylic acids is 1. The lowest BCUT2D eigenvalue weighted by molar-refractivity contribution is 0.0687. The summed E-state index contributed by atoms with van der Waals surface area (Å²) in [5, 5.41) is 19.2. The molecule has 0 saturated heterocycles. The number of aromatic hydroxyl groups is 1. The fourth-order valence-electron chi connectivity index (χ4n) is 2.28. The average Bonchev–Trinajstić information content (AvgIpc) is 2.57. The van der Waals surface area contributed by atoms with E-state index < -0.39 is 23.0 Å². The van der Waals surface area contributed by atoms with Crippen molar-refractivity contribution in [3.63, 3.8) is 0 Å². The van der Waals surface area contributed by atoms with Crippen LogP contribution >= 0.6 is 0 Å². The van der Waals surface area contributed by atoms with E-state index in [1.165, 1.54) is 12.1 Å². The van der Waals surface area contributed by atoms with Crippen molar-refractivity contribution in [2.45, 2.75) is 6.61 Å². The number of carbonyl (C=O) groups is 1. The Kier molecular flexibility index (Phi) is 3.72. The van der Waals surface area contributed by atoms with Crippen molar-refractivity contribution in [2.75, 3.05) is 0 Å². The number of nitrogens with one attached hydrogen (secondary N) is 1. The molecule has 0 unspecified atom stereocenters. The molecule has 0 fully saturated rings. The first-order chi connectivity index (χ1) is 11.1. The minimum absolute atomic E-state index is 0.165. The zero-order valence-corrected chi connectivity index (χ0v) is 11.9. The van der Waals surface area contributed by atoms with Gasteiger partial charge in [-0.25, -0.2) is 4.79 Å². The smallest absolute Gasteiger partial charge is 0.356 e. The molecule has 1 aromatic heterocycles. The molecule has 23 heavy (non-hydrogen) atoms. The summed E-state index contributed by atoms with van der Waals surface area (Å²) in [5.74, 6) is -1.41. The van der Waals surface area contributed by atoms with Crippen LogP contribution in [0.2, 0.25) is 0 Å². The van der Waals surface area contributed by atoms with Gasteiger partial charge in [0.1, 0.15) is 12.4 Å². The molecule has 3 rings (SSSR count). The fraction of sp³-hybridized carbons (Fsp3) is 0.0588. The lowest BCUT2D eigenvalue weighted by atomic mass is 10.1. The molecule has 0 spiro atoms. The van der Waals surface area contributed by atoms with E-state index in [9.17, 15) is 14.7 Å². The molecule has 3 N–H and O–H groups in total. The van der Waals surface area contributed by atoms with Crippen LogP contribution in [0.5, 0.6) is 11.5 Å². The predicted molar refractivity (Wildman–Crippen MR) is 84.0 cm³/mol. The number of pyridine rings is 1. The van der Waals surface area contributed by atoms with E-state index >= 15 is 0 Å². The van der Waals surface area contributed by atoms with Crippen LogP contribution < -0.4 is 10.3 Å². The highest BCUT2D eigenvalue weighted by atomic mass is 16.5. The molecule has 0 bridgehead atoms. The molecular weight excluding hydrogens is 298 g/mol. The number of fused-ring (bicyclic) bond motifs is 1. The van der Waals surface area contributed by atoms with Gasteiger partial charge >= 0.3 is 5.97 Å². The quantitative estimate of drug-likeness (QED) is 0.687. The van der Waals surface area contributed by atoms with Gasteiger partial charge < -0.3 is 19.9 Å². The van der Waals surface area contributed by atoms with Crippen molar-refractivity contribution in [3.05, 3.63) is 70.1 Å². The molecule has 0 aliphatic heterocycles. The summed E-state index contributed by atoms with van der Waals surface area (Å²) in [4.78, 5) is 25.1. The van der Waals surface area contributed by atoms with Crippen LogP contribution in [0, 0.1) is 0 Å². The number of carboxylic acid groups (broad SMARTS) is 1. The third kappa shape index (κ3) is 2.87. The number of aromatic carboxylic acids is 1. The first-order valence-corrected chi connectivity index (χ1v) is 6.85. The molecule has 0 aliphatic carbocycles. The number of hydrogen-bond donors (Lipinski definition) is 3. The standard InChI is InChI=1S/C17H13NO5/c19-15-12-7-6-11(23-9-10-4-2-1-3-5-10)8-13(12)16(20)18-14(15)17(21)22/h1-8,19H,9H2,(H,18,20)(H,21,22). The number of hydrogen-bond acceptors (Lipinski definition) is 4. The van der Waals surface area contributed by atoms with Gasteiger partial charge in [-0.2, -0.15) is 0 Å².